The summed E-state index contributed by atoms with van der Waals surface area (Å²) in [5.41, 5.74) is 0.961. The number of carbonyl (C=O) groups excluding carboxylic acids is 1. The molecule has 0 radical (unpaired) electrons. The standard InChI is InChI=1S/C17H15BrN4OS2/c1-3-9-22-15(23)13(10-11-5-7-12(18)8-6-11)24-17(22)19-16-21-20-14(4-2)25-16/h3,5-8,10H,1,4,9H2,2H3/b13-10-,19-17+. The van der Waals surface area contributed by atoms with Gasteiger partial charge in [0.05, 0.1) is 4.91 Å². The van der Waals surface area contributed by atoms with Gasteiger partial charge in [0, 0.05) is 11.0 Å². The van der Waals surface area contributed by atoms with Crippen LogP contribution in [0.4, 0.5) is 5.13 Å². The third kappa shape index (κ3) is 4.26. The van der Waals surface area contributed by atoms with Gasteiger partial charge in [-0.05, 0) is 42.0 Å². The number of aryl methyl sites for hydroxylation is 1. The van der Waals surface area contributed by atoms with Crippen LogP contribution in [0.15, 0.2) is 51.3 Å². The van der Waals surface area contributed by atoms with Crippen LogP contribution in [-0.2, 0) is 11.2 Å². The molecule has 0 spiro atoms. The van der Waals surface area contributed by atoms with E-state index in [1.54, 1.807) is 11.0 Å². The fourth-order valence-corrected chi connectivity index (χ4v) is 4.07. The second-order valence-corrected chi connectivity index (χ2v) is 8.06. The first-order chi connectivity index (χ1) is 12.1. The van der Waals surface area contributed by atoms with Crippen LogP contribution in [0.1, 0.15) is 17.5 Å². The summed E-state index contributed by atoms with van der Waals surface area (Å²) in [6, 6.07) is 7.80. The molecule has 3 rings (SSSR count). The van der Waals surface area contributed by atoms with Crippen LogP contribution >= 0.6 is 39.0 Å². The number of thioether (sulfide) groups is 1. The minimum absolute atomic E-state index is 0.0770. The average molecular weight is 435 g/mol. The van der Waals surface area contributed by atoms with E-state index in [2.05, 4.69) is 37.7 Å². The third-order valence-corrected chi connectivity index (χ3v) is 5.81. The lowest BCUT2D eigenvalue weighted by atomic mass is 10.2. The zero-order valence-electron chi connectivity index (χ0n) is 13.5. The van der Waals surface area contributed by atoms with Crippen molar-refractivity contribution in [3.05, 3.63) is 56.9 Å². The van der Waals surface area contributed by atoms with Crippen molar-refractivity contribution < 1.29 is 4.79 Å². The largest absolute Gasteiger partial charge is 0.282 e. The van der Waals surface area contributed by atoms with Crippen molar-refractivity contribution in [2.45, 2.75) is 13.3 Å². The van der Waals surface area contributed by atoms with E-state index < -0.39 is 0 Å². The number of benzene rings is 1. The molecule has 2 aromatic rings. The number of carbonyl (C=O) groups is 1. The molecule has 2 heterocycles. The minimum Gasteiger partial charge on any atom is -0.282 e. The molecule has 1 aromatic carbocycles. The molecular formula is C17H15BrN4OS2. The molecule has 0 N–H and O–H groups in total. The average Bonchev–Trinajstić information content (AvgIpc) is 3.17. The highest BCUT2D eigenvalue weighted by Gasteiger charge is 2.32. The second-order valence-electron chi connectivity index (χ2n) is 5.09. The second kappa shape index (κ2) is 8.07. The molecule has 1 aromatic heterocycles. The van der Waals surface area contributed by atoms with Gasteiger partial charge in [0.15, 0.2) is 5.17 Å². The highest BCUT2D eigenvalue weighted by Crippen LogP contribution is 2.34. The fraction of sp³-hybridized carbons (Fsp3) is 0.176. The van der Waals surface area contributed by atoms with E-state index in [-0.39, 0.29) is 5.91 Å². The molecule has 128 valence electrons. The number of amidine groups is 1. The van der Waals surface area contributed by atoms with Gasteiger partial charge in [0.2, 0.25) is 5.13 Å². The van der Waals surface area contributed by atoms with E-state index in [1.807, 2.05) is 37.3 Å². The Hall–Kier alpha value is -1.77. The molecule has 1 fully saturated rings. The number of hydrogen-bond acceptors (Lipinski definition) is 6. The molecule has 0 saturated carbocycles. The van der Waals surface area contributed by atoms with Crippen LogP contribution in [0.25, 0.3) is 6.08 Å². The van der Waals surface area contributed by atoms with Gasteiger partial charge in [-0.25, -0.2) is 0 Å². The van der Waals surface area contributed by atoms with E-state index in [1.165, 1.54) is 23.1 Å². The first kappa shape index (κ1) is 18.0. The van der Waals surface area contributed by atoms with Crippen molar-refractivity contribution in [3.63, 3.8) is 0 Å². The van der Waals surface area contributed by atoms with Crippen LogP contribution < -0.4 is 0 Å². The maximum atomic E-state index is 12.7. The SMILES string of the molecule is C=CCN1C(=O)/C(=C/c2ccc(Br)cc2)S/C1=N/c1nnc(CC)s1. The monoisotopic (exact) mass is 434 g/mol. The molecular weight excluding hydrogens is 420 g/mol. The number of rotatable bonds is 5. The Labute approximate surface area is 162 Å². The van der Waals surface area contributed by atoms with E-state index in [0.717, 1.165) is 21.5 Å². The van der Waals surface area contributed by atoms with E-state index in [0.29, 0.717) is 21.7 Å². The Bertz CT molecular complexity index is 858. The molecule has 8 heteroatoms. The summed E-state index contributed by atoms with van der Waals surface area (Å²) < 4.78 is 0.999. The van der Waals surface area contributed by atoms with Crippen LogP contribution in [0.2, 0.25) is 0 Å². The van der Waals surface area contributed by atoms with Gasteiger partial charge in [0.1, 0.15) is 5.01 Å². The molecule has 0 aliphatic carbocycles. The molecule has 1 aliphatic heterocycles. The van der Waals surface area contributed by atoms with Crippen LogP contribution in [-0.4, -0.2) is 32.7 Å². The van der Waals surface area contributed by atoms with Crippen molar-refractivity contribution in [1.29, 1.82) is 0 Å². The molecule has 25 heavy (non-hydrogen) atoms. The van der Waals surface area contributed by atoms with Gasteiger partial charge in [0.25, 0.3) is 5.91 Å². The predicted octanol–water partition coefficient (Wildman–Crippen LogP) is 4.65. The van der Waals surface area contributed by atoms with Crippen LogP contribution in [0, 0.1) is 0 Å². The Kier molecular flexibility index (Phi) is 5.82. The molecule has 1 saturated heterocycles. The van der Waals surface area contributed by atoms with Crippen molar-refractivity contribution in [2.75, 3.05) is 6.54 Å². The Morgan fingerprint density at radius 3 is 2.72 bits per heavy atom. The van der Waals surface area contributed by atoms with Gasteiger partial charge in [-0.2, -0.15) is 4.99 Å². The number of nitrogens with zero attached hydrogens (tertiary/aromatic N) is 4. The number of aliphatic imine (C=N–C) groups is 1. The summed E-state index contributed by atoms with van der Waals surface area (Å²) in [6.07, 6.45) is 4.38. The van der Waals surface area contributed by atoms with Crippen molar-refractivity contribution in [1.82, 2.24) is 15.1 Å². The van der Waals surface area contributed by atoms with Crippen molar-refractivity contribution >= 4 is 61.3 Å². The normalized spacial score (nSPS) is 17.7. The summed E-state index contributed by atoms with van der Waals surface area (Å²) in [6.45, 7) is 6.15. The van der Waals surface area contributed by atoms with Crippen LogP contribution in [0.5, 0.6) is 0 Å². The number of aromatic nitrogens is 2. The summed E-state index contributed by atoms with van der Waals surface area (Å²) in [7, 11) is 0. The molecule has 0 unspecified atom stereocenters. The topological polar surface area (TPSA) is 58.5 Å². The quantitative estimate of drug-likeness (QED) is 0.507. The maximum Gasteiger partial charge on any atom is 0.267 e. The van der Waals surface area contributed by atoms with E-state index in [4.69, 9.17) is 0 Å². The zero-order valence-corrected chi connectivity index (χ0v) is 16.7. The third-order valence-electron chi connectivity index (χ3n) is 3.32. The lowest BCUT2D eigenvalue weighted by Crippen LogP contribution is -2.29. The number of halogens is 1. The zero-order chi connectivity index (χ0) is 17.8. The minimum atomic E-state index is -0.0770. The summed E-state index contributed by atoms with van der Waals surface area (Å²) in [5, 5.41) is 10.2. The molecule has 1 amide bonds. The van der Waals surface area contributed by atoms with Crippen molar-refractivity contribution in [3.8, 4) is 0 Å². The summed E-state index contributed by atoms with van der Waals surface area (Å²) in [4.78, 5) is 19.4. The molecule has 5 nitrogen and oxygen atoms in total. The first-order valence-corrected chi connectivity index (χ1v) is 10.0. The highest BCUT2D eigenvalue weighted by molar-refractivity contribution is 9.10. The Morgan fingerprint density at radius 2 is 2.08 bits per heavy atom. The van der Waals surface area contributed by atoms with Gasteiger partial charge < -0.3 is 0 Å². The van der Waals surface area contributed by atoms with Gasteiger partial charge in [-0.15, -0.1) is 16.8 Å². The first-order valence-electron chi connectivity index (χ1n) is 7.59. The molecule has 0 atom stereocenters. The van der Waals surface area contributed by atoms with E-state index >= 15 is 0 Å². The highest BCUT2D eigenvalue weighted by atomic mass is 79.9. The Balaban J connectivity index is 1.91. The summed E-state index contributed by atoms with van der Waals surface area (Å²) >= 11 is 6.19. The molecule has 1 aliphatic rings. The van der Waals surface area contributed by atoms with Gasteiger partial charge in [-0.3, -0.25) is 9.69 Å². The fourth-order valence-electron chi connectivity index (χ4n) is 2.11. The lowest BCUT2D eigenvalue weighted by Gasteiger charge is -2.11. The number of hydrogen-bond donors (Lipinski definition) is 0. The van der Waals surface area contributed by atoms with Gasteiger partial charge in [-0.1, -0.05) is 52.4 Å². The lowest BCUT2D eigenvalue weighted by molar-refractivity contribution is -0.121. The maximum absolute atomic E-state index is 12.7. The van der Waals surface area contributed by atoms with Crippen LogP contribution in [0.3, 0.4) is 0 Å². The molecule has 0 bridgehead atoms. The number of amides is 1. The van der Waals surface area contributed by atoms with Gasteiger partial charge >= 0.3 is 0 Å². The van der Waals surface area contributed by atoms with E-state index in [9.17, 15) is 4.79 Å². The Morgan fingerprint density at radius 1 is 1.32 bits per heavy atom. The van der Waals surface area contributed by atoms with Crippen molar-refractivity contribution in [2.24, 2.45) is 4.99 Å². The smallest absolute Gasteiger partial charge is 0.267 e. The summed E-state index contributed by atoms with van der Waals surface area (Å²) in [5.74, 6) is -0.0770. The predicted molar refractivity (Wildman–Crippen MR) is 108 cm³/mol.